The second-order valence-electron chi connectivity index (χ2n) is 5.91. The predicted molar refractivity (Wildman–Crippen MR) is 90.5 cm³/mol. The number of hydrogen-bond acceptors (Lipinski definition) is 3. The molecule has 2 rings (SSSR count). The van der Waals surface area contributed by atoms with Crippen LogP contribution in [0.15, 0.2) is 54.6 Å². The van der Waals surface area contributed by atoms with Gasteiger partial charge in [-0.3, -0.25) is 9.69 Å². The van der Waals surface area contributed by atoms with E-state index in [1.165, 1.54) is 18.7 Å². The molecule has 0 aliphatic rings. The number of aliphatic carboxylic acids is 1. The highest BCUT2D eigenvalue weighted by atomic mass is 16.4. The van der Waals surface area contributed by atoms with Gasteiger partial charge in [0.1, 0.15) is 5.54 Å². The van der Waals surface area contributed by atoms with Crippen LogP contribution in [0.1, 0.15) is 25.0 Å². The topological polar surface area (TPSA) is 81.4 Å². The van der Waals surface area contributed by atoms with Gasteiger partial charge in [0.25, 0.3) is 0 Å². The first-order valence-corrected chi connectivity index (χ1v) is 7.47. The molecule has 0 aliphatic heterocycles. The van der Waals surface area contributed by atoms with Gasteiger partial charge < -0.3 is 5.11 Å². The summed E-state index contributed by atoms with van der Waals surface area (Å²) < 4.78 is 0. The molecule has 0 saturated heterocycles. The number of rotatable bonds is 5. The van der Waals surface area contributed by atoms with Crippen LogP contribution in [-0.2, 0) is 16.0 Å². The van der Waals surface area contributed by atoms with E-state index in [9.17, 15) is 14.7 Å². The van der Waals surface area contributed by atoms with E-state index < -0.39 is 11.5 Å². The molecule has 2 aromatic rings. The number of nitrogens with zero attached hydrogens (tertiary/aromatic N) is 2. The summed E-state index contributed by atoms with van der Waals surface area (Å²) in [6, 6.07) is 17.5. The fourth-order valence-corrected chi connectivity index (χ4v) is 2.41. The van der Waals surface area contributed by atoms with E-state index in [-0.39, 0.29) is 12.3 Å². The summed E-state index contributed by atoms with van der Waals surface area (Å²) in [5.74, 6) is -1.42. The lowest BCUT2D eigenvalue weighted by Gasteiger charge is -2.35. The lowest BCUT2D eigenvalue weighted by Crippen LogP contribution is -2.54. The van der Waals surface area contributed by atoms with Gasteiger partial charge in [-0.15, -0.1) is 0 Å². The Balaban J connectivity index is 2.40. The number of anilines is 1. The Bertz CT molecular complexity index is 775. The number of hydrogen-bond donors (Lipinski definition) is 1. The van der Waals surface area contributed by atoms with Crippen molar-refractivity contribution in [3.8, 4) is 6.07 Å². The molecule has 0 aromatic heterocycles. The van der Waals surface area contributed by atoms with E-state index in [1.54, 1.807) is 24.3 Å². The third-order valence-corrected chi connectivity index (χ3v) is 3.78. The minimum Gasteiger partial charge on any atom is -0.480 e. The molecule has 0 aliphatic carbocycles. The molecule has 122 valence electrons. The third kappa shape index (κ3) is 3.61. The standard InChI is InChI=1S/C19H18N2O3/c1-19(2,18(23)24)21(16-10-8-15(13-20)9-11-16)17(22)12-14-6-4-3-5-7-14/h3-11H,12H2,1-2H3,(H,23,24). The molecule has 5 nitrogen and oxygen atoms in total. The molecule has 5 heteroatoms. The van der Waals surface area contributed by atoms with Crippen LogP contribution >= 0.6 is 0 Å². The smallest absolute Gasteiger partial charge is 0.329 e. The summed E-state index contributed by atoms with van der Waals surface area (Å²) in [5.41, 5.74) is 0.284. The minimum atomic E-state index is -1.42. The van der Waals surface area contributed by atoms with Gasteiger partial charge in [-0.1, -0.05) is 30.3 Å². The Labute approximate surface area is 140 Å². The van der Waals surface area contributed by atoms with Crippen molar-refractivity contribution in [2.45, 2.75) is 25.8 Å². The number of carbonyl (C=O) groups excluding carboxylic acids is 1. The molecule has 0 bridgehead atoms. The van der Waals surface area contributed by atoms with Crippen molar-refractivity contribution < 1.29 is 14.7 Å². The Morgan fingerprint density at radius 3 is 2.17 bits per heavy atom. The summed E-state index contributed by atoms with van der Waals surface area (Å²) in [6.45, 7) is 2.97. The molecule has 0 heterocycles. The summed E-state index contributed by atoms with van der Waals surface area (Å²) >= 11 is 0. The van der Waals surface area contributed by atoms with Gasteiger partial charge >= 0.3 is 5.97 Å². The second-order valence-corrected chi connectivity index (χ2v) is 5.91. The van der Waals surface area contributed by atoms with E-state index in [4.69, 9.17) is 5.26 Å². The number of carboxylic acid groups (broad SMARTS) is 1. The SMILES string of the molecule is CC(C)(C(=O)O)N(C(=O)Cc1ccccc1)c1ccc(C#N)cc1. The Hall–Kier alpha value is -3.13. The first-order valence-electron chi connectivity index (χ1n) is 7.47. The van der Waals surface area contributed by atoms with Crippen LogP contribution in [0.5, 0.6) is 0 Å². The average molecular weight is 322 g/mol. The number of amides is 1. The van der Waals surface area contributed by atoms with Crippen LogP contribution in [0.2, 0.25) is 0 Å². The van der Waals surface area contributed by atoms with E-state index >= 15 is 0 Å². The van der Waals surface area contributed by atoms with Crippen molar-refractivity contribution in [1.82, 2.24) is 0 Å². The van der Waals surface area contributed by atoms with E-state index in [0.717, 1.165) is 5.56 Å². The fourth-order valence-electron chi connectivity index (χ4n) is 2.41. The molecule has 1 amide bonds. The normalized spacial score (nSPS) is 10.7. The maximum absolute atomic E-state index is 12.8. The maximum atomic E-state index is 12.8. The van der Waals surface area contributed by atoms with Crippen LogP contribution < -0.4 is 4.90 Å². The zero-order valence-electron chi connectivity index (χ0n) is 13.6. The average Bonchev–Trinajstić information content (AvgIpc) is 2.56. The van der Waals surface area contributed by atoms with Crippen molar-refractivity contribution in [2.24, 2.45) is 0 Å². The summed E-state index contributed by atoms with van der Waals surface area (Å²) in [6.07, 6.45) is 0.0948. The first-order chi connectivity index (χ1) is 11.4. The van der Waals surface area contributed by atoms with Crippen molar-refractivity contribution >= 4 is 17.6 Å². The lowest BCUT2D eigenvalue weighted by molar-refractivity contribution is -0.143. The van der Waals surface area contributed by atoms with Crippen molar-refractivity contribution in [3.63, 3.8) is 0 Å². The zero-order valence-corrected chi connectivity index (χ0v) is 13.6. The Morgan fingerprint density at radius 1 is 1.08 bits per heavy atom. The quantitative estimate of drug-likeness (QED) is 0.917. The molecule has 2 aromatic carbocycles. The second kappa shape index (κ2) is 6.97. The van der Waals surface area contributed by atoms with Gasteiger partial charge in [0, 0.05) is 5.69 Å². The molecule has 24 heavy (non-hydrogen) atoms. The van der Waals surface area contributed by atoms with Crippen LogP contribution in [0.25, 0.3) is 0 Å². The van der Waals surface area contributed by atoms with Crippen LogP contribution in [0.3, 0.4) is 0 Å². The molecule has 0 radical (unpaired) electrons. The van der Waals surface area contributed by atoms with Gasteiger partial charge in [0.15, 0.2) is 0 Å². The highest BCUT2D eigenvalue weighted by Gasteiger charge is 2.38. The van der Waals surface area contributed by atoms with E-state index in [0.29, 0.717) is 11.3 Å². The number of benzene rings is 2. The lowest BCUT2D eigenvalue weighted by atomic mass is 9.99. The predicted octanol–water partition coefficient (Wildman–Crippen LogP) is 3.00. The van der Waals surface area contributed by atoms with Gasteiger partial charge in [0.2, 0.25) is 5.91 Å². The van der Waals surface area contributed by atoms with Crippen LogP contribution in [0, 0.1) is 11.3 Å². The van der Waals surface area contributed by atoms with Crippen LogP contribution in [0.4, 0.5) is 5.69 Å². The maximum Gasteiger partial charge on any atom is 0.329 e. The van der Waals surface area contributed by atoms with Crippen LogP contribution in [-0.4, -0.2) is 22.5 Å². The molecule has 0 spiro atoms. The number of nitriles is 1. The largest absolute Gasteiger partial charge is 0.480 e. The van der Waals surface area contributed by atoms with Crippen molar-refractivity contribution in [1.29, 1.82) is 5.26 Å². The Morgan fingerprint density at radius 2 is 1.67 bits per heavy atom. The molecule has 1 N–H and O–H groups in total. The van der Waals surface area contributed by atoms with Crippen molar-refractivity contribution in [3.05, 3.63) is 65.7 Å². The highest BCUT2D eigenvalue weighted by molar-refractivity contribution is 6.02. The van der Waals surface area contributed by atoms with Crippen molar-refractivity contribution in [2.75, 3.05) is 4.90 Å². The number of carbonyl (C=O) groups is 2. The van der Waals surface area contributed by atoms with E-state index in [2.05, 4.69) is 0 Å². The highest BCUT2D eigenvalue weighted by Crippen LogP contribution is 2.26. The van der Waals surface area contributed by atoms with Gasteiger partial charge in [0.05, 0.1) is 18.1 Å². The summed E-state index contributed by atoms with van der Waals surface area (Å²) in [4.78, 5) is 25.8. The summed E-state index contributed by atoms with van der Waals surface area (Å²) in [5, 5.41) is 18.4. The minimum absolute atomic E-state index is 0.0948. The zero-order chi connectivity index (χ0) is 17.7. The third-order valence-electron chi connectivity index (χ3n) is 3.78. The molecule has 0 atom stereocenters. The monoisotopic (exact) mass is 322 g/mol. The van der Waals surface area contributed by atoms with Gasteiger partial charge in [-0.2, -0.15) is 5.26 Å². The molecule has 0 unspecified atom stereocenters. The molecular formula is C19H18N2O3. The first kappa shape index (κ1) is 17.2. The fraction of sp³-hybridized carbons (Fsp3) is 0.211. The molecular weight excluding hydrogens is 304 g/mol. The Kier molecular flexibility index (Phi) is 5.00. The van der Waals surface area contributed by atoms with Gasteiger partial charge in [-0.25, -0.2) is 4.79 Å². The van der Waals surface area contributed by atoms with E-state index in [1.807, 2.05) is 36.4 Å². The summed E-state index contributed by atoms with van der Waals surface area (Å²) in [7, 11) is 0. The molecule has 0 saturated carbocycles. The molecule has 0 fully saturated rings. The number of carboxylic acids is 1. The van der Waals surface area contributed by atoms with Gasteiger partial charge in [-0.05, 0) is 43.7 Å².